The monoisotopic (exact) mass is 345 g/mol. The maximum Gasteiger partial charge on any atom is 0.232 e. The van der Waals surface area contributed by atoms with Crippen molar-refractivity contribution in [3.05, 3.63) is 41.8 Å². The van der Waals surface area contributed by atoms with Crippen molar-refractivity contribution in [3.8, 4) is 11.3 Å². The number of carbonyl (C=O) groups excluding carboxylic acids is 1. The summed E-state index contributed by atoms with van der Waals surface area (Å²) in [6.07, 6.45) is 0.781. The van der Waals surface area contributed by atoms with Crippen molar-refractivity contribution in [1.82, 2.24) is 9.97 Å². The molecule has 1 N–H and O–H groups in total. The molecule has 3 aromatic rings. The molecule has 1 fully saturated rings. The largest absolute Gasteiger partial charge is 0.302 e. The first kappa shape index (κ1) is 15.1. The van der Waals surface area contributed by atoms with E-state index in [2.05, 4.69) is 15.3 Å². The summed E-state index contributed by atoms with van der Waals surface area (Å²) in [7, 11) is 0. The van der Waals surface area contributed by atoms with Gasteiger partial charge in [0.25, 0.3) is 0 Å². The van der Waals surface area contributed by atoms with Crippen molar-refractivity contribution in [2.45, 2.75) is 19.5 Å². The van der Waals surface area contributed by atoms with Gasteiger partial charge in [0.2, 0.25) is 5.91 Å². The van der Waals surface area contributed by atoms with Crippen molar-refractivity contribution in [2.75, 3.05) is 5.32 Å². The molecule has 2 aromatic heterocycles. The van der Waals surface area contributed by atoms with Crippen LogP contribution in [0.25, 0.3) is 21.5 Å². The van der Waals surface area contributed by atoms with Gasteiger partial charge in [-0.15, -0.1) is 0 Å². The van der Waals surface area contributed by atoms with Gasteiger partial charge in [-0.1, -0.05) is 23.5 Å². The SMILES string of the molecule is Cc1cccc(F)c1-c1cc2sc(NC(=O)[C@@H]3C[C@@H]3F)nc2cn1. The molecule has 7 heteroatoms. The third kappa shape index (κ3) is 2.65. The number of alkyl halides is 1. The molecule has 1 amide bonds. The Bertz CT molecular complexity index is 936. The van der Waals surface area contributed by atoms with Crippen molar-refractivity contribution >= 4 is 32.6 Å². The molecular weight excluding hydrogens is 332 g/mol. The molecule has 4 rings (SSSR count). The van der Waals surface area contributed by atoms with E-state index in [4.69, 9.17) is 0 Å². The highest BCUT2D eigenvalue weighted by Crippen LogP contribution is 2.36. The van der Waals surface area contributed by atoms with Gasteiger partial charge >= 0.3 is 0 Å². The number of rotatable bonds is 3. The Morgan fingerprint density at radius 3 is 2.92 bits per heavy atom. The number of thiazole rings is 1. The smallest absolute Gasteiger partial charge is 0.232 e. The normalized spacial score (nSPS) is 19.5. The summed E-state index contributed by atoms with van der Waals surface area (Å²) in [6.45, 7) is 1.83. The highest BCUT2D eigenvalue weighted by atomic mass is 32.1. The van der Waals surface area contributed by atoms with Gasteiger partial charge in [0, 0.05) is 5.56 Å². The molecule has 1 aliphatic rings. The van der Waals surface area contributed by atoms with Crippen LogP contribution < -0.4 is 5.32 Å². The lowest BCUT2D eigenvalue weighted by Crippen LogP contribution is -2.14. The minimum atomic E-state index is -1.04. The van der Waals surface area contributed by atoms with Crippen LogP contribution in [0.15, 0.2) is 30.5 Å². The average Bonchev–Trinajstić information content (AvgIpc) is 3.13. The van der Waals surface area contributed by atoms with Gasteiger partial charge in [0.15, 0.2) is 5.13 Å². The van der Waals surface area contributed by atoms with E-state index >= 15 is 0 Å². The van der Waals surface area contributed by atoms with Crippen LogP contribution in [0.3, 0.4) is 0 Å². The number of halogens is 2. The molecule has 0 unspecified atom stereocenters. The third-order valence-corrected chi connectivity index (χ3v) is 4.97. The van der Waals surface area contributed by atoms with Crippen molar-refractivity contribution in [2.24, 2.45) is 5.92 Å². The summed E-state index contributed by atoms with van der Waals surface area (Å²) in [5.74, 6) is -1.24. The summed E-state index contributed by atoms with van der Waals surface area (Å²) in [4.78, 5) is 20.3. The number of pyridine rings is 1. The van der Waals surface area contributed by atoms with Gasteiger partial charge in [0.05, 0.1) is 22.5 Å². The topological polar surface area (TPSA) is 54.9 Å². The van der Waals surface area contributed by atoms with Gasteiger partial charge < -0.3 is 5.32 Å². The van der Waals surface area contributed by atoms with Gasteiger partial charge in [-0.25, -0.2) is 13.8 Å². The Balaban J connectivity index is 1.67. The van der Waals surface area contributed by atoms with E-state index in [1.165, 1.54) is 17.4 Å². The average molecular weight is 345 g/mol. The van der Waals surface area contributed by atoms with Crippen molar-refractivity contribution in [3.63, 3.8) is 0 Å². The van der Waals surface area contributed by atoms with Gasteiger partial charge in [0.1, 0.15) is 17.5 Å². The summed E-state index contributed by atoms with van der Waals surface area (Å²) < 4.78 is 27.8. The lowest BCUT2D eigenvalue weighted by molar-refractivity contribution is -0.117. The number of aryl methyl sites for hydroxylation is 1. The molecule has 0 spiro atoms. The zero-order valence-electron chi connectivity index (χ0n) is 12.7. The third-order valence-electron chi connectivity index (χ3n) is 4.03. The molecule has 1 aliphatic carbocycles. The van der Waals surface area contributed by atoms with E-state index in [1.807, 2.05) is 13.0 Å². The first-order valence-electron chi connectivity index (χ1n) is 7.50. The fourth-order valence-electron chi connectivity index (χ4n) is 2.61. The van der Waals surface area contributed by atoms with E-state index < -0.39 is 12.1 Å². The molecule has 0 aliphatic heterocycles. The molecule has 24 heavy (non-hydrogen) atoms. The van der Waals surface area contributed by atoms with Gasteiger partial charge in [-0.05, 0) is 31.0 Å². The maximum absolute atomic E-state index is 14.1. The van der Waals surface area contributed by atoms with E-state index in [0.717, 1.165) is 10.3 Å². The lowest BCUT2D eigenvalue weighted by atomic mass is 10.0. The molecule has 0 radical (unpaired) electrons. The fourth-order valence-corrected chi connectivity index (χ4v) is 3.49. The number of amides is 1. The van der Waals surface area contributed by atoms with Crippen molar-refractivity contribution in [1.29, 1.82) is 0 Å². The van der Waals surface area contributed by atoms with Crippen LogP contribution in [0.5, 0.6) is 0 Å². The number of hydrogen-bond acceptors (Lipinski definition) is 4. The molecule has 4 nitrogen and oxygen atoms in total. The van der Waals surface area contributed by atoms with Crippen LogP contribution in [0.4, 0.5) is 13.9 Å². The highest BCUT2D eigenvalue weighted by molar-refractivity contribution is 7.22. The van der Waals surface area contributed by atoms with Gasteiger partial charge in [-0.2, -0.15) is 0 Å². The molecule has 1 saturated carbocycles. The van der Waals surface area contributed by atoms with Crippen molar-refractivity contribution < 1.29 is 13.6 Å². The Kier molecular flexibility index (Phi) is 3.53. The molecular formula is C17H13F2N3OS. The first-order chi connectivity index (χ1) is 11.5. The predicted octanol–water partition coefficient (Wildman–Crippen LogP) is 4.10. The Hall–Kier alpha value is -2.41. The number of nitrogens with one attached hydrogen (secondary N) is 1. The first-order valence-corrected chi connectivity index (χ1v) is 8.31. The summed E-state index contributed by atoms with van der Waals surface area (Å²) >= 11 is 1.26. The minimum Gasteiger partial charge on any atom is -0.302 e. The lowest BCUT2D eigenvalue weighted by Gasteiger charge is -2.06. The molecule has 2 heterocycles. The second-order valence-electron chi connectivity index (χ2n) is 5.84. The number of anilines is 1. The molecule has 0 bridgehead atoms. The molecule has 0 saturated heterocycles. The standard InChI is InChI=1S/C17H13F2N3OS/c1-8-3-2-4-10(18)15(8)12-6-14-13(7-20-12)21-17(24-14)22-16(23)9-5-11(9)19/h2-4,6-7,9,11H,5H2,1H3,(H,21,22,23)/t9-,11+/m1/s1. The highest BCUT2D eigenvalue weighted by Gasteiger charge is 2.43. The second kappa shape index (κ2) is 5.59. The summed E-state index contributed by atoms with van der Waals surface area (Å²) in [5.41, 5.74) is 2.38. The number of aromatic nitrogens is 2. The second-order valence-corrected chi connectivity index (χ2v) is 6.87. The summed E-state index contributed by atoms with van der Waals surface area (Å²) in [5, 5.41) is 3.03. The molecule has 122 valence electrons. The van der Waals surface area contributed by atoms with Crippen LogP contribution in [0.1, 0.15) is 12.0 Å². The van der Waals surface area contributed by atoms with E-state index in [9.17, 15) is 13.6 Å². The quantitative estimate of drug-likeness (QED) is 0.777. The van der Waals surface area contributed by atoms with E-state index in [-0.39, 0.29) is 18.1 Å². The van der Waals surface area contributed by atoms with E-state index in [0.29, 0.717) is 21.9 Å². The number of carbonyl (C=O) groups is 1. The van der Waals surface area contributed by atoms with Crippen LogP contribution in [-0.2, 0) is 4.79 Å². The molecule has 2 atom stereocenters. The number of nitrogens with zero attached hydrogens (tertiary/aromatic N) is 2. The Morgan fingerprint density at radius 2 is 2.21 bits per heavy atom. The molecule has 1 aromatic carbocycles. The minimum absolute atomic E-state index is 0.273. The van der Waals surface area contributed by atoms with Gasteiger partial charge in [-0.3, -0.25) is 9.78 Å². The number of fused-ring (bicyclic) bond motifs is 1. The Labute approximate surface area is 140 Å². The van der Waals surface area contributed by atoms with Crippen LogP contribution in [0.2, 0.25) is 0 Å². The van der Waals surface area contributed by atoms with Crippen LogP contribution in [-0.4, -0.2) is 22.0 Å². The fraction of sp³-hybridized carbons (Fsp3) is 0.235. The zero-order chi connectivity index (χ0) is 16.8. The Morgan fingerprint density at radius 1 is 1.42 bits per heavy atom. The van der Waals surface area contributed by atoms with Crippen LogP contribution in [0, 0.1) is 18.7 Å². The number of benzene rings is 1. The predicted molar refractivity (Wildman–Crippen MR) is 89.2 cm³/mol. The van der Waals surface area contributed by atoms with Crippen LogP contribution >= 0.6 is 11.3 Å². The zero-order valence-corrected chi connectivity index (χ0v) is 13.5. The maximum atomic E-state index is 14.1. The summed E-state index contributed by atoms with van der Waals surface area (Å²) in [6, 6.07) is 6.63. The van der Waals surface area contributed by atoms with E-state index in [1.54, 1.807) is 18.3 Å². The number of hydrogen-bond donors (Lipinski definition) is 1.